The monoisotopic (exact) mass is 253 g/mol. The summed E-state index contributed by atoms with van der Waals surface area (Å²) in [6.07, 6.45) is -0.768. The molecule has 0 radical (unpaired) electrons. The first-order valence-corrected chi connectivity index (χ1v) is 5.46. The predicted octanol–water partition coefficient (Wildman–Crippen LogP) is 2.39. The maximum absolute atomic E-state index is 11.3. The highest BCUT2D eigenvalue weighted by Crippen LogP contribution is 2.27. The molecule has 0 saturated carbocycles. The molecule has 1 atom stereocenters. The third-order valence-corrected chi connectivity index (χ3v) is 2.73. The van der Waals surface area contributed by atoms with E-state index < -0.39 is 12.3 Å². The number of anilines is 1. The molecular formula is C12H12ClNO3. The Kier molecular flexibility index (Phi) is 3.36. The largest absolute Gasteiger partial charge is 0.425 e. The van der Waals surface area contributed by atoms with E-state index in [0.717, 1.165) is 11.3 Å². The van der Waals surface area contributed by atoms with Gasteiger partial charge in [0.15, 0.2) is 5.03 Å². The number of carbonyl (C=O) groups is 1. The van der Waals surface area contributed by atoms with E-state index in [1.165, 1.54) is 7.11 Å². The summed E-state index contributed by atoms with van der Waals surface area (Å²) in [6, 6.07) is 7.70. The highest BCUT2D eigenvalue weighted by molar-refractivity contribution is 6.42. The molecule has 5 heteroatoms. The fraction of sp³-hybridized carbons (Fsp3) is 0.250. The second-order valence-electron chi connectivity index (χ2n) is 3.70. The van der Waals surface area contributed by atoms with Crippen LogP contribution in [0.3, 0.4) is 0 Å². The van der Waals surface area contributed by atoms with Crippen molar-refractivity contribution < 1.29 is 14.3 Å². The second kappa shape index (κ2) is 4.77. The number of hydrogen-bond donors (Lipinski definition) is 1. The van der Waals surface area contributed by atoms with Gasteiger partial charge in [0.2, 0.25) is 6.29 Å². The smallest absolute Gasteiger partial charge is 0.354 e. The molecule has 0 spiro atoms. The predicted molar refractivity (Wildman–Crippen MR) is 64.6 cm³/mol. The summed E-state index contributed by atoms with van der Waals surface area (Å²) in [5, 5.41) is 3.07. The van der Waals surface area contributed by atoms with Crippen LogP contribution in [0.15, 0.2) is 35.0 Å². The van der Waals surface area contributed by atoms with Crippen LogP contribution < -0.4 is 5.32 Å². The maximum atomic E-state index is 11.3. The average Bonchev–Trinajstić information content (AvgIpc) is 2.57. The molecule has 1 aromatic rings. The van der Waals surface area contributed by atoms with Gasteiger partial charge in [-0.05, 0) is 24.6 Å². The van der Waals surface area contributed by atoms with Gasteiger partial charge in [-0.25, -0.2) is 4.79 Å². The van der Waals surface area contributed by atoms with Gasteiger partial charge in [0.1, 0.15) is 5.70 Å². The molecule has 1 aliphatic rings. The first-order valence-electron chi connectivity index (χ1n) is 5.09. The lowest BCUT2D eigenvalue weighted by atomic mass is 10.2. The van der Waals surface area contributed by atoms with Crippen LogP contribution in [0.5, 0.6) is 0 Å². The van der Waals surface area contributed by atoms with Crippen molar-refractivity contribution in [3.63, 3.8) is 0 Å². The van der Waals surface area contributed by atoms with Gasteiger partial charge in [0.05, 0.1) is 0 Å². The number of carbonyl (C=O) groups excluding carboxylic acids is 1. The van der Waals surface area contributed by atoms with Crippen molar-refractivity contribution >= 4 is 23.3 Å². The number of halogens is 1. The lowest BCUT2D eigenvalue weighted by Crippen LogP contribution is -2.18. The van der Waals surface area contributed by atoms with E-state index in [2.05, 4.69) is 5.32 Å². The number of hydrogen-bond acceptors (Lipinski definition) is 4. The van der Waals surface area contributed by atoms with Crippen LogP contribution in [0.1, 0.15) is 5.56 Å². The van der Waals surface area contributed by atoms with E-state index in [9.17, 15) is 4.79 Å². The zero-order chi connectivity index (χ0) is 12.4. The molecule has 1 aromatic carbocycles. The van der Waals surface area contributed by atoms with E-state index in [1.54, 1.807) is 0 Å². The van der Waals surface area contributed by atoms with Crippen LogP contribution >= 0.6 is 11.6 Å². The third-order valence-electron chi connectivity index (χ3n) is 2.38. The normalized spacial score (nSPS) is 19.5. The van der Waals surface area contributed by atoms with Crippen molar-refractivity contribution in [3.05, 3.63) is 40.6 Å². The zero-order valence-corrected chi connectivity index (χ0v) is 10.2. The Balaban J connectivity index is 2.25. The molecule has 4 nitrogen and oxygen atoms in total. The Morgan fingerprint density at radius 3 is 2.88 bits per heavy atom. The molecule has 0 unspecified atom stereocenters. The Bertz CT molecular complexity index is 484. The van der Waals surface area contributed by atoms with Gasteiger partial charge in [0, 0.05) is 12.8 Å². The summed E-state index contributed by atoms with van der Waals surface area (Å²) in [5.41, 5.74) is 2.37. The number of ether oxygens (including phenoxy) is 2. The summed E-state index contributed by atoms with van der Waals surface area (Å²) in [4.78, 5) is 11.3. The Morgan fingerprint density at radius 2 is 2.24 bits per heavy atom. The van der Waals surface area contributed by atoms with Crippen molar-refractivity contribution in [1.82, 2.24) is 0 Å². The summed E-state index contributed by atoms with van der Waals surface area (Å²) >= 11 is 5.85. The van der Waals surface area contributed by atoms with Gasteiger partial charge in [-0.2, -0.15) is 0 Å². The number of aryl methyl sites for hydroxylation is 1. The van der Waals surface area contributed by atoms with Crippen molar-refractivity contribution in [2.24, 2.45) is 0 Å². The molecular weight excluding hydrogens is 242 g/mol. The number of cyclic esters (lactones) is 1. The van der Waals surface area contributed by atoms with Crippen LogP contribution in [0.2, 0.25) is 0 Å². The molecule has 0 bridgehead atoms. The highest BCUT2D eigenvalue weighted by Gasteiger charge is 2.33. The van der Waals surface area contributed by atoms with Crippen molar-refractivity contribution in [2.75, 3.05) is 12.4 Å². The van der Waals surface area contributed by atoms with Crippen LogP contribution in [-0.4, -0.2) is 19.4 Å². The minimum absolute atomic E-state index is 0.0263. The Labute approximate surface area is 104 Å². The average molecular weight is 254 g/mol. The van der Waals surface area contributed by atoms with E-state index >= 15 is 0 Å². The molecule has 90 valence electrons. The molecule has 0 aromatic heterocycles. The van der Waals surface area contributed by atoms with Gasteiger partial charge in [-0.3, -0.25) is 0 Å². The Morgan fingerprint density at radius 1 is 1.47 bits per heavy atom. The van der Waals surface area contributed by atoms with Gasteiger partial charge in [0.25, 0.3) is 0 Å². The molecule has 0 amide bonds. The topological polar surface area (TPSA) is 47.6 Å². The molecule has 1 N–H and O–H groups in total. The lowest BCUT2D eigenvalue weighted by molar-refractivity contribution is -0.155. The van der Waals surface area contributed by atoms with Gasteiger partial charge in [-0.15, -0.1) is 0 Å². The van der Waals surface area contributed by atoms with Crippen molar-refractivity contribution in [3.8, 4) is 0 Å². The SMILES string of the molecule is CO[C@H]1OC(=O)C(Cl)=C1Nc1cccc(C)c1. The first-order chi connectivity index (χ1) is 8.11. The number of nitrogens with one attached hydrogen (secondary N) is 1. The molecule has 0 saturated heterocycles. The molecule has 17 heavy (non-hydrogen) atoms. The highest BCUT2D eigenvalue weighted by atomic mass is 35.5. The minimum Gasteiger partial charge on any atom is -0.425 e. The van der Waals surface area contributed by atoms with E-state index in [-0.39, 0.29) is 5.03 Å². The number of esters is 1. The fourth-order valence-electron chi connectivity index (χ4n) is 1.58. The number of benzene rings is 1. The first kappa shape index (κ1) is 12.0. The quantitative estimate of drug-likeness (QED) is 0.841. The molecule has 1 aliphatic heterocycles. The summed E-state index contributed by atoms with van der Waals surface area (Å²) in [6.45, 7) is 1.98. The van der Waals surface area contributed by atoms with Gasteiger partial charge in [-0.1, -0.05) is 23.7 Å². The van der Waals surface area contributed by atoms with E-state index in [1.807, 2.05) is 31.2 Å². The van der Waals surface area contributed by atoms with Crippen molar-refractivity contribution in [1.29, 1.82) is 0 Å². The van der Waals surface area contributed by atoms with E-state index in [4.69, 9.17) is 21.1 Å². The van der Waals surface area contributed by atoms with Crippen LogP contribution in [-0.2, 0) is 14.3 Å². The maximum Gasteiger partial charge on any atom is 0.354 e. The number of rotatable bonds is 3. The second-order valence-corrected chi connectivity index (χ2v) is 4.07. The van der Waals surface area contributed by atoms with Gasteiger partial charge < -0.3 is 14.8 Å². The molecule has 2 rings (SSSR count). The minimum atomic E-state index is -0.768. The van der Waals surface area contributed by atoms with Crippen LogP contribution in [0, 0.1) is 6.92 Å². The standard InChI is InChI=1S/C12H12ClNO3/c1-7-4-3-5-8(6-7)14-10-9(13)11(15)17-12(10)16-2/h3-6,12,14H,1-2H3/t12-/m0/s1. The van der Waals surface area contributed by atoms with Crippen LogP contribution in [0.25, 0.3) is 0 Å². The number of methoxy groups -OCH3 is 1. The van der Waals surface area contributed by atoms with Gasteiger partial charge >= 0.3 is 5.97 Å². The van der Waals surface area contributed by atoms with Crippen molar-refractivity contribution in [2.45, 2.75) is 13.2 Å². The lowest BCUT2D eigenvalue weighted by Gasteiger charge is -2.14. The molecule has 0 aliphatic carbocycles. The summed E-state index contributed by atoms with van der Waals surface area (Å²) in [7, 11) is 1.45. The molecule has 0 fully saturated rings. The third kappa shape index (κ3) is 2.43. The summed E-state index contributed by atoms with van der Waals surface area (Å²) < 4.78 is 9.93. The Hall–Kier alpha value is -1.52. The van der Waals surface area contributed by atoms with E-state index in [0.29, 0.717) is 5.70 Å². The summed E-state index contributed by atoms with van der Waals surface area (Å²) in [5.74, 6) is -0.575. The fourth-order valence-corrected chi connectivity index (χ4v) is 1.76. The zero-order valence-electron chi connectivity index (χ0n) is 9.49. The van der Waals surface area contributed by atoms with Crippen LogP contribution in [0.4, 0.5) is 5.69 Å². The molecule has 1 heterocycles.